The van der Waals surface area contributed by atoms with Gasteiger partial charge < -0.3 is 10.2 Å². The van der Waals surface area contributed by atoms with E-state index in [4.69, 9.17) is 11.6 Å². The van der Waals surface area contributed by atoms with Gasteiger partial charge in [0.2, 0.25) is 0 Å². The molecular formula is C11H17ClFN3. The van der Waals surface area contributed by atoms with Crippen molar-refractivity contribution in [3.05, 3.63) is 23.1 Å². The van der Waals surface area contributed by atoms with Crippen LogP contribution >= 0.6 is 11.6 Å². The minimum atomic E-state index is -0.410. The fourth-order valence-electron chi connectivity index (χ4n) is 1.42. The minimum absolute atomic E-state index is 0.261. The molecule has 0 saturated heterocycles. The molecule has 0 radical (unpaired) electrons. The molecule has 1 N–H and O–H groups in total. The highest BCUT2D eigenvalue weighted by Crippen LogP contribution is 2.14. The van der Waals surface area contributed by atoms with Crippen LogP contribution < -0.4 is 5.32 Å². The van der Waals surface area contributed by atoms with Crippen LogP contribution in [0.1, 0.15) is 13.8 Å². The predicted molar refractivity (Wildman–Crippen MR) is 65.5 cm³/mol. The summed E-state index contributed by atoms with van der Waals surface area (Å²) >= 11 is 5.61. The van der Waals surface area contributed by atoms with Crippen LogP contribution in [0.3, 0.4) is 0 Å². The number of hydrogen-bond acceptors (Lipinski definition) is 3. The Kier molecular flexibility index (Phi) is 5.49. The van der Waals surface area contributed by atoms with Gasteiger partial charge >= 0.3 is 0 Å². The van der Waals surface area contributed by atoms with Crippen molar-refractivity contribution in [1.82, 2.24) is 9.88 Å². The number of likely N-dealkylation sites (N-methyl/N-ethyl adjacent to an activating group) is 1. The number of pyridine rings is 1. The molecule has 0 amide bonds. The topological polar surface area (TPSA) is 28.2 Å². The second-order valence-corrected chi connectivity index (χ2v) is 3.87. The predicted octanol–water partition coefficient (Wildman–Crippen LogP) is 2.63. The average Bonchev–Trinajstić information content (AvgIpc) is 2.27. The Bertz CT molecular complexity index is 329. The van der Waals surface area contributed by atoms with Crippen LogP contribution in [0.25, 0.3) is 0 Å². The molecule has 0 saturated carbocycles. The van der Waals surface area contributed by atoms with E-state index in [2.05, 4.69) is 29.0 Å². The molecule has 0 aliphatic rings. The van der Waals surface area contributed by atoms with Crippen LogP contribution in [0, 0.1) is 5.82 Å². The summed E-state index contributed by atoms with van der Waals surface area (Å²) in [6, 6.07) is 1.26. The molecule has 0 aliphatic carbocycles. The second kappa shape index (κ2) is 6.66. The Morgan fingerprint density at radius 2 is 2.12 bits per heavy atom. The third-order valence-corrected chi connectivity index (χ3v) is 2.63. The van der Waals surface area contributed by atoms with Gasteiger partial charge in [0.05, 0.1) is 5.02 Å². The Morgan fingerprint density at radius 1 is 1.44 bits per heavy atom. The first-order valence-electron chi connectivity index (χ1n) is 5.44. The van der Waals surface area contributed by atoms with Crippen LogP contribution in [0.4, 0.5) is 10.2 Å². The first-order chi connectivity index (χ1) is 7.67. The van der Waals surface area contributed by atoms with Crippen molar-refractivity contribution in [2.75, 3.05) is 31.5 Å². The lowest BCUT2D eigenvalue weighted by Crippen LogP contribution is -2.28. The van der Waals surface area contributed by atoms with Gasteiger partial charge in [-0.3, -0.25) is 0 Å². The zero-order chi connectivity index (χ0) is 12.0. The molecule has 1 aromatic rings. The van der Waals surface area contributed by atoms with E-state index in [0.29, 0.717) is 11.6 Å². The first kappa shape index (κ1) is 13.2. The molecule has 3 nitrogen and oxygen atoms in total. The van der Waals surface area contributed by atoms with E-state index in [1.54, 1.807) is 0 Å². The standard InChI is InChI=1S/C11H17ClFN3/c1-3-16(4-2)6-5-14-11-10(13)7-9(12)8-15-11/h7-8H,3-6H2,1-2H3,(H,14,15). The lowest BCUT2D eigenvalue weighted by atomic mass is 10.4. The molecule has 0 atom stereocenters. The molecule has 1 heterocycles. The van der Waals surface area contributed by atoms with Crippen molar-refractivity contribution in [2.45, 2.75) is 13.8 Å². The number of aromatic nitrogens is 1. The minimum Gasteiger partial charge on any atom is -0.366 e. The summed E-state index contributed by atoms with van der Waals surface area (Å²) < 4.78 is 13.3. The van der Waals surface area contributed by atoms with Crippen molar-refractivity contribution >= 4 is 17.4 Å². The maximum absolute atomic E-state index is 13.3. The van der Waals surface area contributed by atoms with E-state index < -0.39 is 5.82 Å². The van der Waals surface area contributed by atoms with Gasteiger partial charge in [0.1, 0.15) is 0 Å². The van der Waals surface area contributed by atoms with Crippen molar-refractivity contribution in [3.8, 4) is 0 Å². The number of nitrogens with one attached hydrogen (secondary N) is 1. The smallest absolute Gasteiger partial charge is 0.166 e. The number of rotatable bonds is 6. The summed E-state index contributed by atoms with van der Waals surface area (Å²) in [5.74, 6) is -0.149. The Labute approximate surface area is 101 Å². The summed E-state index contributed by atoms with van der Waals surface area (Å²) in [5.41, 5.74) is 0. The van der Waals surface area contributed by atoms with E-state index in [1.165, 1.54) is 12.3 Å². The molecule has 0 fully saturated rings. The second-order valence-electron chi connectivity index (χ2n) is 3.44. The summed E-state index contributed by atoms with van der Waals surface area (Å²) in [5, 5.41) is 3.26. The molecule has 0 bridgehead atoms. The van der Waals surface area contributed by atoms with Crippen molar-refractivity contribution < 1.29 is 4.39 Å². The molecule has 0 aromatic carbocycles. The summed E-state index contributed by atoms with van der Waals surface area (Å²) in [7, 11) is 0. The monoisotopic (exact) mass is 245 g/mol. The number of halogens is 2. The van der Waals surface area contributed by atoms with Crippen LogP contribution in [0.5, 0.6) is 0 Å². The average molecular weight is 246 g/mol. The van der Waals surface area contributed by atoms with Crippen molar-refractivity contribution in [2.24, 2.45) is 0 Å². The molecule has 16 heavy (non-hydrogen) atoms. The fraction of sp³-hybridized carbons (Fsp3) is 0.545. The van der Waals surface area contributed by atoms with Gasteiger partial charge in [-0.1, -0.05) is 25.4 Å². The zero-order valence-corrected chi connectivity index (χ0v) is 10.4. The van der Waals surface area contributed by atoms with Gasteiger partial charge in [0.15, 0.2) is 11.6 Å². The molecule has 1 rings (SSSR count). The Morgan fingerprint density at radius 3 is 2.69 bits per heavy atom. The normalized spacial score (nSPS) is 10.8. The Balaban J connectivity index is 2.42. The number of nitrogens with zero attached hydrogens (tertiary/aromatic N) is 2. The quantitative estimate of drug-likeness (QED) is 0.835. The lowest BCUT2D eigenvalue weighted by molar-refractivity contribution is 0.315. The molecule has 0 aliphatic heterocycles. The first-order valence-corrected chi connectivity index (χ1v) is 5.82. The van der Waals surface area contributed by atoms with E-state index in [0.717, 1.165) is 19.6 Å². The summed E-state index contributed by atoms with van der Waals surface area (Å²) in [4.78, 5) is 6.14. The third-order valence-electron chi connectivity index (χ3n) is 2.42. The lowest BCUT2D eigenvalue weighted by Gasteiger charge is -2.18. The van der Waals surface area contributed by atoms with Gasteiger partial charge in [0.25, 0.3) is 0 Å². The number of anilines is 1. The SMILES string of the molecule is CCN(CC)CCNc1ncc(Cl)cc1F. The Hall–Kier alpha value is -0.870. The van der Waals surface area contributed by atoms with Crippen molar-refractivity contribution in [3.63, 3.8) is 0 Å². The maximum atomic E-state index is 13.3. The molecule has 0 spiro atoms. The molecular weight excluding hydrogens is 229 g/mol. The van der Waals surface area contributed by atoms with Crippen LogP contribution in [-0.2, 0) is 0 Å². The van der Waals surface area contributed by atoms with Gasteiger partial charge in [-0.25, -0.2) is 9.37 Å². The maximum Gasteiger partial charge on any atom is 0.166 e. The van der Waals surface area contributed by atoms with E-state index >= 15 is 0 Å². The zero-order valence-electron chi connectivity index (χ0n) is 9.63. The highest BCUT2D eigenvalue weighted by atomic mass is 35.5. The van der Waals surface area contributed by atoms with E-state index in [1.807, 2.05) is 0 Å². The fourth-order valence-corrected chi connectivity index (χ4v) is 1.56. The van der Waals surface area contributed by atoms with Gasteiger partial charge in [-0.05, 0) is 19.2 Å². The van der Waals surface area contributed by atoms with Crippen LogP contribution in [-0.4, -0.2) is 36.1 Å². The molecule has 90 valence electrons. The molecule has 5 heteroatoms. The third kappa shape index (κ3) is 3.94. The molecule has 1 aromatic heterocycles. The van der Waals surface area contributed by atoms with Gasteiger partial charge in [0, 0.05) is 19.3 Å². The molecule has 0 unspecified atom stereocenters. The highest BCUT2D eigenvalue weighted by Gasteiger charge is 2.04. The summed E-state index contributed by atoms with van der Waals surface area (Å²) in [6.07, 6.45) is 1.43. The van der Waals surface area contributed by atoms with Crippen molar-refractivity contribution in [1.29, 1.82) is 0 Å². The van der Waals surface area contributed by atoms with Crippen LogP contribution in [0.15, 0.2) is 12.3 Å². The van der Waals surface area contributed by atoms with E-state index in [-0.39, 0.29) is 5.82 Å². The number of hydrogen-bond donors (Lipinski definition) is 1. The largest absolute Gasteiger partial charge is 0.366 e. The van der Waals surface area contributed by atoms with Gasteiger partial charge in [-0.2, -0.15) is 0 Å². The van der Waals surface area contributed by atoms with E-state index in [9.17, 15) is 4.39 Å². The highest BCUT2D eigenvalue weighted by molar-refractivity contribution is 6.30. The van der Waals surface area contributed by atoms with Crippen LogP contribution in [0.2, 0.25) is 5.02 Å². The summed E-state index contributed by atoms with van der Waals surface area (Å²) in [6.45, 7) is 7.74. The van der Waals surface area contributed by atoms with Gasteiger partial charge in [-0.15, -0.1) is 0 Å².